The fraction of sp³-hybridized carbons (Fsp3) is 0.200. The van der Waals surface area contributed by atoms with Crippen molar-refractivity contribution >= 4 is 23.4 Å². The lowest BCUT2D eigenvalue weighted by Gasteiger charge is -2.09. The van der Waals surface area contributed by atoms with Crippen LogP contribution in [0.25, 0.3) is 11.1 Å². The van der Waals surface area contributed by atoms with E-state index in [0.717, 1.165) is 16.7 Å². The summed E-state index contributed by atoms with van der Waals surface area (Å²) in [6.45, 7) is 0. The second-order valence-corrected chi connectivity index (χ2v) is 5.66. The molecule has 0 aliphatic rings. The summed E-state index contributed by atoms with van der Waals surface area (Å²) in [6, 6.07) is 14.7. The lowest BCUT2D eigenvalue weighted by atomic mass is 10.0. The van der Waals surface area contributed by atoms with Crippen molar-refractivity contribution in [1.82, 2.24) is 0 Å². The Balaban J connectivity index is 2.15. The Morgan fingerprint density at radius 1 is 0.950 bits per heavy atom. The van der Waals surface area contributed by atoms with Gasteiger partial charge in [0.1, 0.15) is 0 Å². The van der Waals surface area contributed by atoms with E-state index in [9.17, 15) is 8.78 Å². The van der Waals surface area contributed by atoms with Crippen molar-refractivity contribution in [2.45, 2.75) is 16.7 Å². The molecule has 0 fully saturated rings. The minimum Gasteiger partial charge on any atom is -0.323 e. The third-order valence-electron chi connectivity index (χ3n) is 2.92. The lowest BCUT2D eigenvalue weighted by Crippen LogP contribution is -2.11. The van der Waals surface area contributed by atoms with Gasteiger partial charge in [0.15, 0.2) is 0 Å². The fourth-order valence-corrected chi connectivity index (χ4v) is 2.52. The summed E-state index contributed by atoms with van der Waals surface area (Å²) in [5.41, 5.74) is 8.82. The van der Waals surface area contributed by atoms with Gasteiger partial charge in [0.05, 0.1) is 0 Å². The molecule has 0 spiro atoms. The molecule has 0 bridgehead atoms. The van der Waals surface area contributed by atoms with E-state index in [0.29, 0.717) is 22.5 Å². The highest BCUT2D eigenvalue weighted by atomic mass is 35.5. The molecule has 0 radical (unpaired) electrons. The third kappa shape index (κ3) is 3.95. The molecule has 1 atom stereocenters. The Bertz CT molecular complexity index is 543. The molecule has 2 aromatic rings. The highest BCUT2D eigenvalue weighted by Gasteiger charge is 2.07. The van der Waals surface area contributed by atoms with Crippen molar-refractivity contribution in [3.8, 4) is 11.1 Å². The Hall–Kier alpha value is -1.10. The topological polar surface area (TPSA) is 26.0 Å². The summed E-state index contributed by atoms with van der Waals surface area (Å²) < 4.78 is 24.5. The van der Waals surface area contributed by atoms with Crippen LogP contribution in [-0.4, -0.2) is 11.6 Å². The average molecular weight is 314 g/mol. The van der Waals surface area contributed by atoms with Crippen molar-refractivity contribution < 1.29 is 8.78 Å². The zero-order valence-electron chi connectivity index (χ0n) is 10.6. The molecule has 0 heterocycles. The monoisotopic (exact) mass is 313 g/mol. The van der Waals surface area contributed by atoms with Crippen LogP contribution in [0.2, 0.25) is 0 Å². The Labute approximate surface area is 126 Å². The van der Waals surface area contributed by atoms with E-state index in [1.807, 2.05) is 36.4 Å². The van der Waals surface area contributed by atoms with E-state index in [4.69, 9.17) is 17.3 Å². The first-order valence-corrected chi connectivity index (χ1v) is 7.48. The minimum absolute atomic E-state index is 0.171. The molecule has 0 aromatic heterocycles. The minimum atomic E-state index is -2.39. The molecule has 20 heavy (non-hydrogen) atoms. The van der Waals surface area contributed by atoms with Crippen molar-refractivity contribution in [3.05, 3.63) is 54.1 Å². The van der Waals surface area contributed by atoms with Crippen molar-refractivity contribution in [1.29, 1.82) is 0 Å². The van der Waals surface area contributed by atoms with Gasteiger partial charge < -0.3 is 5.73 Å². The Kier molecular flexibility index (Phi) is 5.40. The van der Waals surface area contributed by atoms with Crippen LogP contribution in [0.15, 0.2) is 53.4 Å². The first kappa shape index (κ1) is 15.3. The molecule has 2 rings (SSSR count). The van der Waals surface area contributed by atoms with Gasteiger partial charge in [-0.15, -0.1) is 11.6 Å². The van der Waals surface area contributed by atoms with E-state index < -0.39 is 5.76 Å². The predicted molar refractivity (Wildman–Crippen MR) is 81.4 cm³/mol. The van der Waals surface area contributed by atoms with Crippen molar-refractivity contribution in [3.63, 3.8) is 0 Å². The smallest absolute Gasteiger partial charge is 0.288 e. The maximum atomic E-state index is 12.2. The number of nitrogens with two attached hydrogens (primary N) is 1. The van der Waals surface area contributed by atoms with Gasteiger partial charge in [-0.1, -0.05) is 48.2 Å². The molecule has 2 N–H and O–H groups in total. The summed E-state index contributed by atoms with van der Waals surface area (Å²) in [5.74, 6) is -2.02. The average Bonchev–Trinajstić information content (AvgIpc) is 2.47. The molecule has 0 saturated heterocycles. The van der Waals surface area contributed by atoms with Gasteiger partial charge in [0.2, 0.25) is 0 Å². The van der Waals surface area contributed by atoms with Gasteiger partial charge in [-0.05, 0) is 28.8 Å². The Morgan fingerprint density at radius 3 is 1.90 bits per heavy atom. The molecule has 0 aliphatic heterocycles. The summed E-state index contributed by atoms with van der Waals surface area (Å²) in [5, 5.41) is 0. The number of rotatable bonds is 5. The van der Waals surface area contributed by atoms with E-state index in [-0.39, 0.29) is 6.04 Å². The van der Waals surface area contributed by atoms with Crippen LogP contribution in [0.4, 0.5) is 8.78 Å². The van der Waals surface area contributed by atoms with Gasteiger partial charge in [-0.3, -0.25) is 0 Å². The molecule has 106 valence electrons. The number of hydrogen-bond donors (Lipinski definition) is 1. The molecule has 5 heteroatoms. The van der Waals surface area contributed by atoms with Gasteiger partial charge in [-0.25, -0.2) is 0 Å². The largest absolute Gasteiger partial charge is 0.323 e. The number of hydrogen-bond acceptors (Lipinski definition) is 2. The molecule has 2 aromatic carbocycles. The fourth-order valence-electron chi connectivity index (χ4n) is 1.84. The molecular formula is C15H14ClF2NS. The van der Waals surface area contributed by atoms with E-state index in [2.05, 4.69) is 0 Å². The van der Waals surface area contributed by atoms with E-state index in [1.165, 1.54) is 0 Å². The summed E-state index contributed by atoms with van der Waals surface area (Å²) >= 11 is 6.26. The van der Waals surface area contributed by atoms with E-state index in [1.54, 1.807) is 12.1 Å². The summed E-state index contributed by atoms with van der Waals surface area (Å²) in [7, 11) is 0. The lowest BCUT2D eigenvalue weighted by molar-refractivity contribution is 0.252. The van der Waals surface area contributed by atoms with Crippen LogP contribution in [0, 0.1) is 0 Å². The zero-order chi connectivity index (χ0) is 14.5. The van der Waals surface area contributed by atoms with Crippen LogP contribution in [-0.2, 0) is 0 Å². The van der Waals surface area contributed by atoms with E-state index >= 15 is 0 Å². The normalized spacial score (nSPS) is 12.7. The van der Waals surface area contributed by atoms with Gasteiger partial charge >= 0.3 is 0 Å². The van der Waals surface area contributed by atoms with Gasteiger partial charge in [0, 0.05) is 16.8 Å². The van der Waals surface area contributed by atoms with Crippen LogP contribution < -0.4 is 5.73 Å². The van der Waals surface area contributed by atoms with Gasteiger partial charge in [0.25, 0.3) is 5.76 Å². The summed E-state index contributed by atoms with van der Waals surface area (Å²) in [4.78, 5) is 0.560. The maximum absolute atomic E-state index is 12.2. The number of thioether (sulfide) groups is 1. The van der Waals surface area contributed by atoms with Crippen LogP contribution in [0.3, 0.4) is 0 Å². The summed E-state index contributed by atoms with van der Waals surface area (Å²) in [6.07, 6.45) is 0. The molecule has 1 nitrogen and oxygen atoms in total. The second kappa shape index (κ2) is 7.07. The number of halogens is 3. The molecule has 1 unspecified atom stereocenters. The van der Waals surface area contributed by atoms with Crippen LogP contribution >= 0.6 is 23.4 Å². The van der Waals surface area contributed by atoms with Crippen LogP contribution in [0.1, 0.15) is 11.6 Å². The highest BCUT2D eigenvalue weighted by Crippen LogP contribution is 2.28. The highest BCUT2D eigenvalue weighted by molar-refractivity contribution is 7.99. The molecule has 0 saturated carbocycles. The Morgan fingerprint density at radius 2 is 1.45 bits per heavy atom. The second-order valence-electron chi connectivity index (χ2n) is 4.29. The number of benzene rings is 2. The van der Waals surface area contributed by atoms with Gasteiger partial charge in [-0.2, -0.15) is 8.78 Å². The SMILES string of the molecule is NC(CCl)c1ccc(-c2ccc(SC(F)F)cc2)cc1. The first-order chi connectivity index (χ1) is 9.60. The van der Waals surface area contributed by atoms with Crippen LogP contribution in [0.5, 0.6) is 0 Å². The molecule has 0 aliphatic carbocycles. The quantitative estimate of drug-likeness (QED) is 0.627. The number of alkyl halides is 3. The molecular weight excluding hydrogens is 300 g/mol. The van der Waals surface area contributed by atoms with Crippen molar-refractivity contribution in [2.75, 3.05) is 5.88 Å². The molecule has 0 amide bonds. The standard InChI is InChI=1S/C15H14ClF2NS/c16-9-14(19)12-3-1-10(2-4-12)11-5-7-13(8-6-11)20-15(17)18/h1-8,14-15H,9,19H2. The van der Waals surface area contributed by atoms with Crippen molar-refractivity contribution in [2.24, 2.45) is 5.73 Å². The zero-order valence-corrected chi connectivity index (χ0v) is 12.2. The predicted octanol–water partition coefficient (Wildman–Crippen LogP) is 4.91. The third-order valence-corrected chi connectivity index (χ3v) is 3.97. The maximum Gasteiger partial charge on any atom is 0.288 e. The first-order valence-electron chi connectivity index (χ1n) is 6.07.